The molecule has 0 aliphatic carbocycles. The number of hydrogen-bond donors (Lipinski definition) is 2. The lowest BCUT2D eigenvalue weighted by Crippen LogP contribution is -2.52. The number of nitrogens with zero attached hydrogens (tertiary/aromatic N) is 1. The number of hydrogen-bond acceptors (Lipinski definition) is 6. The normalized spacial score (nSPS) is 12.8. The van der Waals surface area contributed by atoms with E-state index < -0.39 is 17.2 Å². The second-order valence-electron chi connectivity index (χ2n) is 9.21. The van der Waals surface area contributed by atoms with Crippen LogP contribution in [0.1, 0.15) is 39.2 Å². The molecular formula is C27H33ClN2O5S. The van der Waals surface area contributed by atoms with Crippen molar-refractivity contribution in [3.05, 3.63) is 71.1 Å². The molecule has 0 radical (unpaired) electrons. The number of methoxy groups -OCH3 is 1. The van der Waals surface area contributed by atoms with Gasteiger partial charge in [-0.1, -0.05) is 41.6 Å². The summed E-state index contributed by atoms with van der Waals surface area (Å²) < 4.78 is 16.0. The molecule has 0 spiro atoms. The first-order valence-electron chi connectivity index (χ1n) is 11.4. The molecule has 2 aromatic rings. The van der Waals surface area contributed by atoms with Gasteiger partial charge >= 0.3 is 6.09 Å². The van der Waals surface area contributed by atoms with E-state index in [1.807, 2.05) is 18.2 Å². The van der Waals surface area contributed by atoms with E-state index in [0.29, 0.717) is 35.7 Å². The highest BCUT2D eigenvalue weighted by molar-refractivity contribution is 7.99. The van der Waals surface area contributed by atoms with E-state index >= 15 is 0 Å². The van der Waals surface area contributed by atoms with Gasteiger partial charge in [-0.25, -0.2) is 9.64 Å². The SMILES string of the molecule is [C-]#[N+]c1ccc(OCOC)c(Sc2ccc(CC[C@](CO)(CC=C)NC(=O)OC(C)(C)C)c(Cl)c2)c1. The molecule has 2 N–H and O–H groups in total. The van der Waals surface area contributed by atoms with Crippen molar-refractivity contribution in [2.45, 2.75) is 61.0 Å². The van der Waals surface area contributed by atoms with Crippen LogP contribution in [0.3, 0.4) is 0 Å². The van der Waals surface area contributed by atoms with Gasteiger partial charge in [0.2, 0.25) is 0 Å². The molecule has 1 atom stereocenters. The van der Waals surface area contributed by atoms with Crippen molar-refractivity contribution in [3.63, 3.8) is 0 Å². The number of alkyl carbamates (subject to hydrolysis) is 1. The van der Waals surface area contributed by atoms with Crippen molar-refractivity contribution >= 4 is 35.1 Å². The molecule has 1 amide bonds. The van der Waals surface area contributed by atoms with E-state index in [-0.39, 0.29) is 13.4 Å². The van der Waals surface area contributed by atoms with Crippen molar-refractivity contribution in [2.24, 2.45) is 0 Å². The molecule has 0 fully saturated rings. The predicted molar refractivity (Wildman–Crippen MR) is 143 cm³/mol. The second-order valence-corrected chi connectivity index (χ2v) is 10.7. The standard InChI is InChI=1S/C27H33ClN2O5S/c1-7-13-27(17-31,30-25(32)35-26(2,3)4)14-12-19-8-10-21(16-22(19)28)36-24-15-20(29-5)9-11-23(24)34-18-33-6/h7-11,15-16,31H,1,12-14,17-18H2,2-4,6H3,(H,30,32)/t27-/m0/s1. The number of carbonyl (C=O) groups excluding carboxylic acids is 1. The zero-order valence-corrected chi connectivity index (χ0v) is 22.7. The number of benzene rings is 2. The second kappa shape index (κ2) is 13.6. The maximum atomic E-state index is 12.4. The molecule has 0 heterocycles. The summed E-state index contributed by atoms with van der Waals surface area (Å²) >= 11 is 8.04. The van der Waals surface area contributed by atoms with Crippen LogP contribution in [0.25, 0.3) is 4.85 Å². The number of nitrogens with one attached hydrogen (secondary N) is 1. The third kappa shape index (κ3) is 9.07. The van der Waals surface area contributed by atoms with Crippen LogP contribution in [0.5, 0.6) is 5.75 Å². The van der Waals surface area contributed by atoms with Gasteiger partial charge in [0.05, 0.1) is 18.7 Å². The Labute approximate surface area is 222 Å². The van der Waals surface area contributed by atoms with Crippen molar-refractivity contribution in [3.8, 4) is 5.75 Å². The molecule has 36 heavy (non-hydrogen) atoms. The van der Waals surface area contributed by atoms with E-state index in [1.54, 1.807) is 52.2 Å². The monoisotopic (exact) mass is 532 g/mol. The van der Waals surface area contributed by atoms with Gasteiger partial charge in [0, 0.05) is 21.9 Å². The lowest BCUT2D eigenvalue weighted by molar-refractivity contribution is 0.0389. The van der Waals surface area contributed by atoms with E-state index in [0.717, 1.165) is 15.4 Å². The van der Waals surface area contributed by atoms with Gasteiger partial charge < -0.3 is 24.6 Å². The highest BCUT2D eigenvalue weighted by Gasteiger charge is 2.32. The van der Waals surface area contributed by atoms with Gasteiger partial charge in [0.15, 0.2) is 12.5 Å². The summed E-state index contributed by atoms with van der Waals surface area (Å²) in [4.78, 5) is 17.5. The van der Waals surface area contributed by atoms with Crippen LogP contribution in [0.2, 0.25) is 5.02 Å². The van der Waals surface area contributed by atoms with Crippen LogP contribution in [0.15, 0.2) is 58.8 Å². The van der Waals surface area contributed by atoms with Gasteiger partial charge in [0.1, 0.15) is 11.4 Å². The Morgan fingerprint density at radius 3 is 2.61 bits per heavy atom. The number of carbonyl (C=O) groups is 1. The van der Waals surface area contributed by atoms with Crippen LogP contribution >= 0.6 is 23.4 Å². The predicted octanol–water partition coefficient (Wildman–Crippen LogP) is 6.79. The molecule has 0 aliphatic heterocycles. The molecule has 9 heteroatoms. The number of aliphatic hydroxyl groups excluding tert-OH is 1. The van der Waals surface area contributed by atoms with Crippen molar-refractivity contribution in [2.75, 3.05) is 20.5 Å². The van der Waals surface area contributed by atoms with Gasteiger partial charge in [-0.2, -0.15) is 0 Å². The average molecular weight is 533 g/mol. The Kier molecular flexibility index (Phi) is 11.1. The number of rotatable bonds is 12. The van der Waals surface area contributed by atoms with E-state index in [2.05, 4.69) is 16.7 Å². The fourth-order valence-electron chi connectivity index (χ4n) is 3.38. The molecule has 2 rings (SSSR count). The lowest BCUT2D eigenvalue weighted by atomic mass is 9.88. The summed E-state index contributed by atoms with van der Waals surface area (Å²) in [5, 5.41) is 13.5. The van der Waals surface area contributed by atoms with Crippen LogP contribution in [0.4, 0.5) is 10.5 Å². The lowest BCUT2D eigenvalue weighted by Gasteiger charge is -2.33. The van der Waals surface area contributed by atoms with E-state index in [4.69, 9.17) is 32.4 Å². The molecule has 2 aromatic carbocycles. The molecular weight excluding hydrogens is 500 g/mol. The molecule has 0 unspecified atom stereocenters. The first kappa shape index (κ1) is 29.5. The third-order valence-corrected chi connectivity index (χ3v) is 6.50. The van der Waals surface area contributed by atoms with E-state index in [9.17, 15) is 9.90 Å². The van der Waals surface area contributed by atoms with Gasteiger partial charge in [0.25, 0.3) is 0 Å². The van der Waals surface area contributed by atoms with Crippen LogP contribution in [0, 0.1) is 6.57 Å². The van der Waals surface area contributed by atoms with Crippen LogP contribution < -0.4 is 10.1 Å². The minimum atomic E-state index is -0.922. The first-order valence-corrected chi connectivity index (χ1v) is 12.6. The van der Waals surface area contributed by atoms with Crippen molar-refractivity contribution in [1.29, 1.82) is 0 Å². The summed E-state index contributed by atoms with van der Waals surface area (Å²) in [7, 11) is 1.54. The maximum absolute atomic E-state index is 12.4. The number of amides is 1. The maximum Gasteiger partial charge on any atom is 0.408 e. The smallest absolute Gasteiger partial charge is 0.408 e. The molecule has 0 aliphatic rings. The Morgan fingerprint density at radius 1 is 1.28 bits per heavy atom. The summed E-state index contributed by atoms with van der Waals surface area (Å²) in [5.74, 6) is 0.611. The van der Waals surface area contributed by atoms with Crippen LogP contribution in [-0.4, -0.2) is 42.8 Å². The molecule has 0 saturated carbocycles. The van der Waals surface area contributed by atoms with Crippen LogP contribution in [-0.2, 0) is 15.9 Å². The van der Waals surface area contributed by atoms with Crippen molar-refractivity contribution in [1.82, 2.24) is 5.32 Å². The summed E-state index contributed by atoms with van der Waals surface area (Å²) in [5.41, 5.74) is -0.196. The first-order chi connectivity index (χ1) is 17.0. The quantitative estimate of drug-likeness (QED) is 0.178. The number of aliphatic hydroxyl groups is 1. The number of halogens is 1. The Hall–Kier alpha value is -2.70. The zero-order chi connectivity index (χ0) is 26.8. The molecule has 0 aromatic heterocycles. The van der Waals surface area contributed by atoms with Crippen molar-refractivity contribution < 1.29 is 24.1 Å². The average Bonchev–Trinajstić information content (AvgIpc) is 2.81. The molecule has 7 nitrogen and oxygen atoms in total. The Balaban J connectivity index is 2.18. The van der Waals surface area contributed by atoms with Gasteiger partial charge in [-0.3, -0.25) is 0 Å². The summed E-state index contributed by atoms with van der Waals surface area (Å²) in [6, 6.07) is 10.9. The topological polar surface area (TPSA) is 81.4 Å². The molecule has 0 saturated heterocycles. The molecule has 194 valence electrons. The Bertz CT molecular complexity index is 1100. The van der Waals surface area contributed by atoms with Gasteiger partial charge in [-0.05, 0) is 69.9 Å². The Morgan fingerprint density at radius 2 is 2.03 bits per heavy atom. The molecule has 0 bridgehead atoms. The fraction of sp³-hybridized carbons (Fsp3) is 0.407. The zero-order valence-electron chi connectivity index (χ0n) is 21.1. The summed E-state index contributed by atoms with van der Waals surface area (Å²) in [6.45, 7) is 16.2. The number of aryl methyl sites for hydroxylation is 1. The minimum absolute atomic E-state index is 0.0965. The number of ether oxygens (including phenoxy) is 3. The highest BCUT2D eigenvalue weighted by Crippen LogP contribution is 2.39. The minimum Gasteiger partial charge on any atom is -0.466 e. The van der Waals surface area contributed by atoms with Gasteiger partial charge in [-0.15, -0.1) is 6.58 Å². The fourth-order valence-corrected chi connectivity index (χ4v) is 4.69. The summed E-state index contributed by atoms with van der Waals surface area (Å²) in [6.07, 6.45) is 2.39. The van der Waals surface area contributed by atoms with E-state index in [1.165, 1.54) is 11.8 Å². The largest absolute Gasteiger partial charge is 0.466 e. The third-order valence-electron chi connectivity index (χ3n) is 5.12. The highest BCUT2D eigenvalue weighted by atomic mass is 35.5.